The lowest BCUT2D eigenvalue weighted by molar-refractivity contribution is 0.177. The van der Waals surface area contributed by atoms with Crippen LogP contribution < -0.4 is 5.73 Å². The summed E-state index contributed by atoms with van der Waals surface area (Å²) in [7, 11) is 0. The van der Waals surface area contributed by atoms with Crippen LogP contribution in [-0.4, -0.2) is 16.7 Å². The second kappa shape index (κ2) is 5.00. The van der Waals surface area contributed by atoms with E-state index in [2.05, 4.69) is 10.1 Å². The minimum Gasteiger partial charge on any atom is -0.339 e. The first-order valence-corrected chi connectivity index (χ1v) is 7.34. The summed E-state index contributed by atoms with van der Waals surface area (Å²) in [4.78, 5) is 4.59. The second-order valence-electron chi connectivity index (χ2n) is 6.12. The van der Waals surface area contributed by atoms with Crippen molar-refractivity contribution in [3.05, 3.63) is 11.7 Å². The van der Waals surface area contributed by atoms with Gasteiger partial charge in [0.2, 0.25) is 5.89 Å². The van der Waals surface area contributed by atoms with Gasteiger partial charge < -0.3 is 10.3 Å². The maximum atomic E-state index is 6.00. The highest BCUT2D eigenvalue weighted by Crippen LogP contribution is 2.39. The lowest BCUT2D eigenvalue weighted by Crippen LogP contribution is -2.35. The van der Waals surface area contributed by atoms with Crippen molar-refractivity contribution in [2.24, 2.45) is 11.1 Å². The van der Waals surface area contributed by atoms with Crippen molar-refractivity contribution in [2.75, 3.05) is 6.54 Å². The number of hydrogen-bond acceptors (Lipinski definition) is 4. The SMILES string of the molecule is NCC1(Cc2nc(C3CCC3)no2)CCCCC1. The van der Waals surface area contributed by atoms with E-state index < -0.39 is 0 Å². The summed E-state index contributed by atoms with van der Waals surface area (Å²) in [6, 6.07) is 0. The van der Waals surface area contributed by atoms with Crippen molar-refractivity contribution in [1.82, 2.24) is 10.1 Å². The average molecular weight is 249 g/mol. The summed E-state index contributed by atoms with van der Waals surface area (Å²) in [6.45, 7) is 0.744. The molecule has 0 aliphatic heterocycles. The van der Waals surface area contributed by atoms with E-state index >= 15 is 0 Å². The quantitative estimate of drug-likeness (QED) is 0.891. The van der Waals surface area contributed by atoms with Gasteiger partial charge in [0, 0.05) is 12.3 Å². The number of hydrogen-bond donors (Lipinski definition) is 1. The third kappa shape index (κ3) is 2.30. The van der Waals surface area contributed by atoms with Gasteiger partial charge in [0.1, 0.15) is 0 Å². The van der Waals surface area contributed by atoms with E-state index in [4.69, 9.17) is 10.3 Å². The molecule has 2 aliphatic carbocycles. The molecule has 1 heterocycles. The highest BCUT2D eigenvalue weighted by atomic mass is 16.5. The molecule has 2 N–H and O–H groups in total. The Morgan fingerprint density at radius 2 is 1.94 bits per heavy atom. The maximum absolute atomic E-state index is 6.00. The Morgan fingerprint density at radius 1 is 1.17 bits per heavy atom. The molecular weight excluding hydrogens is 226 g/mol. The molecule has 0 bridgehead atoms. The fourth-order valence-corrected chi connectivity index (χ4v) is 3.25. The van der Waals surface area contributed by atoms with Gasteiger partial charge in [-0.25, -0.2) is 0 Å². The van der Waals surface area contributed by atoms with Gasteiger partial charge in [-0.05, 0) is 37.6 Å². The molecule has 0 radical (unpaired) electrons. The number of nitrogens with two attached hydrogens (primary N) is 1. The number of nitrogens with zero attached hydrogens (tertiary/aromatic N) is 2. The first kappa shape index (κ1) is 12.2. The minimum absolute atomic E-state index is 0.224. The fraction of sp³-hybridized carbons (Fsp3) is 0.857. The molecule has 2 saturated carbocycles. The average Bonchev–Trinajstić information content (AvgIpc) is 2.76. The van der Waals surface area contributed by atoms with Crippen LogP contribution in [-0.2, 0) is 6.42 Å². The van der Waals surface area contributed by atoms with Gasteiger partial charge >= 0.3 is 0 Å². The second-order valence-corrected chi connectivity index (χ2v) is 6.12. The molecule has 0 amide bonds. The van der Waals surface area contributed by atoms with Gasteiger partial charge in [0.25, 0.3) is 0 Å². The summed E-state index contributed by atoms with van der Waals surface area (Å²) < 4.78 is 5.43. The van der Waals surface area contributed by atoms with Crippen molar-refractivity contribution in [3.8, 4) is 0 Å². The van der Waals surface area contributed by atoms with Gasteiger partial charge in [-0.15, -0.1) is 0 Å². The number of rotatable bonds is 4. The fourth-order valence-electron chi connectivity index (χ4n) is 3.25. The van der Waals surface area contributed by atoms with Crippen LogP contribution in [0.3, 0.4) is 0 Å². The van der Waals surface area contributed by atoms with Gasteiger partial charge in [0.15, 0.2) is 5.82 Å². The molecule has 3 rings (SSSR count). The van der Waals surface area contributed by atoms with Crippen molar-refractivity contribution < 1.29 is 4.52 Å². The van der Waals surface area contributed by atoms with Crippen LogP contribution >= 0.6 is 0 Å². The Kier molecular flexibility index (Phi) is 3.37. The molecule has 100 valence electrons. The van der Waals surface area contributed by atoms with Crippen molar-refractivity contribution in [1.29, 1.82) is 0 Å². The van der Waals surface area contributed by atoms with Crippen LogP contribution in [0.5, 0.6) is 0 Å². The molecule has 4 nitrogen and oxygen atoms in total. The monoisotopic (exact) mass is 249 g/mol. The van der Waals surface area contributed by atoms with E-state index in [0.717, 1.165) is 24.7 Å². The van der Waals surface area contributed by atoms with Crippen LogP contribution in [0.4, 0.5) is 0 Å². The van der Waals surface area contributed by atoms with E-state index in [9.17, 15) is 0 Å². The summed E-state index contributed by atoms with van der Waals surface area (Å²) in [5, 5.41) is 4.14. The smallest absolute Gasteiger partial charge is 0.227 e. The first-order chi connectivity index (χ1) is 8.81. The van der Waals surface area contributed by atoms with E-state index in [-0.39, 0.29) is 5.41 Å². The maximum Gasteiger partial charge on any atom is 0.227 e. The van der Waals surface area contributed by atoms with Crippen molar-refractivity contribution in [3.63, 3.8) is 0 Å². The molecule has 4 heteroatoms. The predicted octanol–water partition coefficient (Wildman–Crippen LogP) is 2.79. The molecule has 18 heavy (non-hydrogen) atoms. The molecule has 0 atom stereocenters. The standard InChI is InChI=1S/C14H23N3O/c15-10-14(7-2-1-3-8-14)9-12-16-13(17-18-12)11-5-4-6-11/h11H,1-10,15H2. The third-order valence-electron chi connectivity index (χ3n) is 4.83. The predicted molar refractivity (Wildman–Crippen MR) is 69.2 cm³/mol. The zero-order valence-corrected chi connectivity index (χ0v) is 11.0. The summed E-state index contributed by atoms with van der Waals surface area (Å²) in [5.41, 5.74) is 6.22. The summed E-state index contributed by atoms with van der Waals surface area (Å²) >= 11 is 0. The molecule has 1 aromatic rings. The van der Waals surface area contributed by atoms with Crippen LogP contribution in [0.25, 0.3) is 0 Å². The van der Waals surface area contributed by atoms with Gasteiger partial charge in [-0.2, -0.15) is 4.98 Å². The Hall–Kier alpha value is -0.900. The molecule has 0 spiro atoms. The van der Waals surface area contributed by atoms with Crippen LogP contribution in [0, 0.1) is 5.41 Å². The molecule has 1 aromatic heterocycles. The van der Waals surface area contributed by atoms with Gasteiger partial charge in [0.05, 0.1) is 0 Å². The third-order valence-corrected chi connectivity index (χ3v) is 4.83. The van der Waals surface area contributed by atoms with Crippen molar-refractivity contribution in [2.45, 2.75) is 63.7 Å². The van der Waals surface area contributed by atoms with Crippen LogP contribution in [0.15, 0.2) is 4.52 Å². The number of aromatic nitrogens is 2. The van der Waals surface area contributed by atoms with E-state index in [1.54, 1.807) is 0 Å². The minimum atomic E-state index is 0.224. The van der Waals surface area contributed by atoms with Crippen LogP contribution in [0.2, 0.25) is 0 Å². The van der Waals surface area contributed by atoms with E-state index in [1.807, 2.05) is 0 Å². The van der Waals surface area contributed by atoms with Gasteiger partial charge in [-0.1, -0.05) is 30.8 Å². The van der Waals surface area contributed by atoms with E-state index in [0.29, 0.717) is 5.92 Å². The largest absolute Gasteiger partial charge is 0.339 e. The lowest BCUT2D eigenvalue weighted by Gasteiger charge is -2.34. The molecule has 0 aromatic carbocycles. The molecule has 2 fully saturated rings. The Balaban J connectivity index is 1.68. The first-order valence-electron chi connectivity index (χ1n) is 7.34. The molecule has 0 saturated heterocycles. The zero-order valence-electron chi connectivity index (χ0n) is 11.0. The van der Waals surface area contributed by atoms with Crippen LogP contribution in [0.1, 0.15) is 69.0 Å². The molecule has 2 aliphatic rings. The molecule has 0 unspecified atom stereocenters. The summed E-state index contributed by atoms with van der Waals surface area (Å²) in [5.74, 6) is 2.30. The zero-order chi connectivity index (χ0) is 12.4. The van der Waals surface area contributed by atoms with Crippen molar-refractivity contribution >= 4 is 0 Å². The summed E-state index contributed by atoms with van der Waals surface area (Å²) in [6.07, 6.45) is 11.0. The lowest BCUT2D eigenvalue weighted by atomic mass is 9.72. The highest BCUT2D eigenvalue weighted by molar-refractivity contribution is 5.01. The Morgan fingerprint density at radius 3 is 2.56 bits per heavy atom. The van der Waals surface area contributed by atoms with Gasteiger partial charge in [-0.3, -0.25) is 0 Å². The highest BCUT2D eigenvalue weighted by Gasteiger charge is 2.33. The van der Waals surface area contributed by atoms with E-state index in [1.165, 1.54) is 51.4 Å². The topological polar surface area (TPSA) is 64.9 Å². The Labute approximate surface area is 108 Å². The molecular formula is C14H23N3O. The normalized spacial score (nSPS) is 23.8. The Bertz CT molecular complexity index is 391.